The van der Waals surface area contributed by atoms with E-state index in [0.717, 1.165) is 5.69 Å². The molecule has 0 bridgehead atoms. The van der Waals surface area contributed by atoms with Crippen LogP contribution in [0.5, 0.6) is 5.88 Å². The van der Waals surface area contributed by atoms with Gasteiger partial charge in [0.05, 0.1) is 5.69 Å². The van der Waals surface area contributed by atoms with Gasteiger partial charge >= 0.3 is 0 Å². The first kappa shape index (κ1) is 16.1. The predicted octanol–water partition coefficient (Wildman–Crippen LogP) is 0.562. The number of amides is 1. The Hall–Kier alpha value is -2.77. The van der Waals surface area contributed by atoms with E-state index in [1.807, 2.05) is 13.0 Å². The fourth-order valence-corrected chi connectivity index (χ4v) is 2.58. The normalized spacial score (nSPS) is 15.3. The van der Waals surface area contributed by atoms with Crippen LogP contribution in [-0.4, -0.2) is 50.0 Å². The van der Waals surface area contributed by atoms with Gasteiger partial charge in [0.2, 0.25) is 5.88 Å². The molecule has 0 atom stereocenters. The molecule has 0 spiro atoms. The highest BCUT2D eigenvalue weighted by molar-refractivity contribution is 5.92. The van der Waals surface area contributed by atoms with Crippen LogP contribution >= 0.6 is 0 Å². The summed E-state index contributed by atoms with van der Waals surface area (Å²) in [5.41, 5.74) is 0.881. The van der Waals surface area contributed by atoms with E-state index in [1.165, 1.54) is 23.9 Å². The van der Waals surface area contributed by atoms with E-state index in [-0.39, 0.29) is 23.3 Å². The highest BCUT2D eigenvalue weighted by atomic mass is 16.5. The Kier molecular flexibility index (Phi) is 4.54. The SMILES string of the molecule is Cc1ccc(OC2CCN(C(=O)c3ccc(=O)n(C)n3)CC2)nn1. The summed E-state index contributed by atoms with van der Waals surface area (Å²) in [7, 11) is 1.53. The van der Waals surface area contributed by atoms with Crippen molar-refractivity contribution < 1.29 is 9.53 Å². The minimum atomic E-state index is -0.238. The van der Waals surface area contributed by atoms with E-state index in [9.17, 15) is 9.59 Å². The molecule has 24 heavy (non-hydrogen) atoms. The average molecular weight is 329 g/mol. The molecule has 2 aromatic heterocycles. The molecule has 1 amide bonds. The van der Waals surface area contributed by atoms with Gasteiger partial charge in [-0.1, -0.05) is 0 Å². The number of piperidine rings is 1. The summed E-state index contributed by atoms with van der Waals surface area (Å²) in [5, 5.41) is 12.0. The summed E-state index contributed by atoms with van der Waals surface area (Å²) in [6.07, 6.45) is 1.44. The minimum absolute atomic E-state index is 0.0131. The molecule has 8 heteroatoms. The van der Waals surface area contributed by atoms with Crippen LogP contribution < -0.4 is 10.3 Å². The first-order valence-electron chi connectivity index (χ1n) is 7.83. The lowest BCUT2D eigenvalue weighted by atomic mass is 10.1. The molecule has 0 aliphatic carbocycles. The summed E-state index contributed by atoms with van der Waals surface area (Å²) in [6, 6.07) is 6.47. The van der Waals surface area contributed by atoms with E-state index < -0.39 is 0 Å². The monoisotopic (exact) mass is 329 g/mol. The van der Waals surface area contributed by atoms with Crippen molar-refractivity contribution in [2.75, 3.05) is 13.1 Å². The van der Waals surface area contributed by atoms with Crippen LogP contribution in [0.4, 0.5) is 0 Å². The number of aryl methyl sites for hydroxylation is 2. The van der Waals surface area contributed by atoms with E-state index in [2.05, 4.69) is 15.3 Å². The van der Waals surface area contributed by atoms with Crippen molar-refractivity contribution in [3.05, 3.63) is 46.0 Å². The molecule has 0 N–H and O–H groups in total. The highest BCUT2D eigenvalue weighted by Crippen LogP contribution is 2.18. The molecule has 1 aliphatic heterocycles. The molecular weight excluding hydrogens is 310 g/mol. The highest BCUT2D eigenvalue weighted by Gasteiger charge is 2.26. The maximum absolute atomic E-state index is 12.5. The van der Waals surface area contributed by atoms with Crippen LogP contribution in [-0.2, 0) is 7.05 Å². The molecule has 1 saturated heterocycles. The minimum Gasteiger partial charge on any atom is -0.473 e. The summed E-state index contributed by atoms with van der Waals surface area (Å²) in [5.74, 6) is 0.337. The molecule has 3 rings (SSSR count). The second kappa shape index (κ2) is 6.77. The quantitative estimate of drug-likeness (QED) is 0.817. The number of hydrogen-bond acceptors (Lipinski definition) is 6. The lowest BCUT2D eigenvalue weighted by molar-refractivity contribution is 0.0578. The predicted molar refractivity (Wildman–Crippen MR) is 85.8 cm³/mol. The Balaban J connectivity index is 1.58. The second-order valence-electron chi connectivity index (χ2n) is 5.80. The maximum Gasteiger partial charge on any atom is 0.274 e. The van der Waals surface area contributed by atoms with Gasteiger partial charge in [0.25, 0.3) is 11.5 Å². The van der Waals surface area contributed by atoms with Gasteiger partial charge in [0.1, 0.15) is 11.8 Å². The zero-order chi connectivity index (χ0) is 17.1. The van der Waals surface area contributed by atoms with Crippen molar-refractivity contribution in [1.82, 2.24) is 24.9 Å². The number of likely N-dealkylation sites (tertiary alicyclic amines) is 1. The molecule has 1 aliphatic rings. The van der Waals surface area contributed by atoms with E-state index in [4.69, 9.17) is 4.74 Å². The molecule has 0 aromatic carbocycles. The zero-order valence-electron chi connectivity index (χ0n) is 13.7. The molecule has 0 saturated carbocycles. The standard InChI is InChI=1S/C16H19N5O3/c1-11-3-5-14(18-17-11)24-12-7-9-21(10-8-12)16(23)13-4-6-15(22)20(2)19-13/h3-6,12H,7-10H2,1-2H3. The van der Waals surface area contributed by atoms with Crippen LogP contribution in [0.1, 0.15) is 29.0 Å². The summed E-state index contributed by atoms with van der Waals surface area (Å²) < 4.78 is 6.97. The van der Waals surface area contributed by atoms with Crippen molar-refractivity contribution >= 4 is 5.91 Å². The third kappa shape index (κ3) is 3.58. The van der Waals surface area contributed by atoms with Crippen molar-refractivity contribution in [3.63, 3.8) is 0 Å². The Morgan fingerprint density at radius 1 is 1.17 bits per heavy atom. The molecular formula is C16H19N5O3. The largest absolute Gasteiger partial charge is 0.473 e. The molecule has 1 fully saturated rings. The summed E-state index contributed by atoms with van der Waals surface area (Å²) >= 11 is 0. The molecule has 3 heterocycles. The Bertz CT molecular complexity index is 779. The Labute approximate surface area is 139 Å². The fraction of sp³-hybridized carbons (Fsp3) is 0.438. The van der Waals surface area contributed by atoms with Crippen molar-refractivity contribution in [1.29, 1.82) is 0 Å². The third-order valence-corrected chi connectivity index (χ3v) is 3.97. The van der Waals surface area contributed by atoms with Gasteiger partial charge in [-0.05, 0) is 19.1 Å². The smallest absolute Gasteiger partial charge is 0.274 e. The van der Waals surface area contributed by atoms with Crippen molar-refractivity contribution in [2.24, 2.45) is 7.05 Å². The molecule has 8 nitrogen and oxygen atoms in total. The molecule has 126 valence electrons. The second-order valence-corrected chi connectivity index (χ2v) is 5.80. The van der Waals surface area contributed by atoms with Crippen LogP contribution in [0.15, 0.2) is 29.1 Å². The van der Waals surface area contributed by atoms with Crippen molar-refractivity contribution in [2.45, 2.75) is 25.9 Å². The third-order valence-electron chi connectivity index (χ3n) is 3.97. The lowest BCUT2D eigenvalue weighted by Gasteiger charge is -2.31. The lowest BCUT2D eigenvalue weighted by Crippen LogP contribution is -2.42. The number of hydrogen-bond donors (Lipinski definition) is 0. The average Bonchev–Trinajstić information content (AvgIpc) is 2.59. The Morgan fingerprint density at radius 2 is 1.92 bits per heavy atom. The van der Waals surface area contributed by atoms with Crippen molar-refractivity contribution in [3.8, 4) is 5.88 Å². The number of carbonyl (C=O) groups is 1. The number of ether oxygens (including phenoxy) is 1. The first-order chi connectivity index (χ1) is 11.5. The van der Waals surface area contributed by atoms with Crippen LogP contribution in [0.25, 0.3) is 0 Å². The summed E-state index contributed by atoms with van der Waals surface area (Å²) in [4.78, 5) is 25.5. The summed E-state index contributed by atoms with van der Waals surface area (Å²) in [6.45, 7) is 3.02. The topological polar surface area (TPSA) is 90.2 Å². The molecule has 2 aromatic rings. The number of carbonyl (C=O) groups excluding carboxylic acids is 1. The number of rotatable bonds is 3. The number of aromatic nitrogens is 4. The maximum atomic E-state index is 12.5. The Morgan fingerprint density at radius 3 is 2.54 bits per heavy atom. The number of nitrogens with zero attached hydrogens (tertiary/aromatic N) is 5. The van der Waals surface area contributed by atoms with Crippen LogP contribution in [0, 0.1) is 6.92 Å². The van der Waals surface area contributed by atoms with Gasteiger partial charge in [-0.2, -0.15) is 10.2 Å². The van der Waals surface area contributed by atoms with Gasteiger partial charge in [-0.25, -0.2) is 4.68 Å². The first-order valence-corrected chi connectivity index (χ1v) is 7.83. The zero-order valence-corrected chi connectivity index (χ0v) is 13.7. The fourth-order valence-electron chi connectivity index (χ4n) is 2.58. The van der Waals surface area contributed by atoms with E-state index >= 15 is 0 Å². The van der Waals surface area contributed by atoms with E-state index in [1.54, 1.807) is 11.0 Å². The van der Waals surface area contributed by atoms with Gasteiger partial charge < -0.3 is 9.64 Å². The molecule has 0 unspecified atom stereocenters. The van der Waals surface area contributed by atoms with Gasteiger partial charge in [-0.15, -0.1) is 5.10 Å². The van der Waals surface area contributed by atoms with Gasteiger partial charge in [0, 0.05) is 45.1 Å². The van der Waals surface area contributed by atoms with Crippen LogP contribution in [0.2, 0.25) is 0 Å². The van der Waals surface area contributed by atoms with Crippen LogP contribution in [0.3, 0.4) is 0 Å². The van der Waals surface area contributed by atoms with Gasteiger partial charge in [-0.3, -0.25) is 9.59 Å². The van der Waals surface area contributed by atoms with Gasteiger partial charge in [0.15, 0.2) is 0 Å². The molecule has 0 radical (unpaired) electrons. The van der Waals surface area contributed by atoms with E-state index in [0.29, 0.717) is 31.8 Å².